The number of aryl methyl sites for hydroxylation is 1. The molecule has 35 heavy (non-hydrogen) atoms. The van der Waals surface area contributed by atoms with Gasteiger partial charge in [0.25, 0.3) is 0 Å². The van der Waals surface area contributed by atoms with Crippen molar-refractivity contribution in [1.82, 2.24) is 9.62 Å². The molecule has 1 unspecified atom stereocenters. The Hall–Kier alpha value is -3.56. The molecule has 1 aliphatic rings. The number of hydrogen-bond acceptors (Lipinski definition) is 4. The maximum atomic E-state index is 13.6. The van der Waals surface area contributed by atoms with E-state index in [0.717, 1.165) is 9.87 Å². The van der Waals surface area contributed by atoms with Gasteiger partial charge in [-0.3, -0.25) is 14.5 Å². The Kier molecular flexibility index (Phi) is 6.73. The molecule has 1 heterocycles. The molecule has 1 atom stereocenters. The van der Waals surface area contributed by atoms with Gasteiger partial charge in [0.2, 0.25) is 21.8 Å². The fourth-order valence-corrected chi connectivity index (χ4v) is 5.65. The molecule has 3 aromatic rings. The first-order valence-electron chi connectivity index (χ1n) is 11.1. The van der Waals surface area contributed by atoms with Crippen molar-refractivity contribution in [2.24, 2.45) is 0 Å². The van der Waals surface area contributed by atoms with E-state index in [4.69, 9.17) is 0 Å². The van der Waals surface area contributed by atoms with Crippen molar-refractivity contribution in [1.29, 1.82) is 0 Å². The van der Waals surface area contributed by atoms with Gasteiger partial charge in [0.15, 0.2) is 0 Å². The minimum Gasteiger partial charge on any atom is -0.350 e. The molecule has 0 aliphatic carbocycles. The van der Waals surface area contributed by atoms with Crippen LogP contribution in [0.4, 0.5) is 10.1 Å². The third kappa shape index (κ3) is 4.96. The van der Waals surface area contributed by atoms with Gasteiger partial charge in [-0.15, -0.1) is 0 Å². The van der Waals surface area contributed by atoms with Gasteiger partial charge in [-0.05, 0) is 55.8 Å². The van der Waals surface area contributed by atoms with Gasteiger partial charge >= 0.3 is 0 Å². The Morgan fingerprint density at radius 1 is 1.00 bits per heavy atom. The Bertz CT molecular complexity index is 1330. The monoisotopic (exact) mass is 495 g/mol. The zero-order chi connectivity index (χ0) is 25.2. The Morgan fingerprint density at radius 2 is 1.63 bits per heavy atom. The molecule has 3 aromatic carbocycles. The number of nitrogens with zero attached hydrogens (tertiary/aromatic N) is 2. The van der Waals surface area contributed by atoms with Gasteiger partial charge in [-0.2, -0.15) is 4.31 Å². The van der Waals surface area contributed by atoms with Crippen molar-refractivity contribution >= 4 is 27.5 Å². The van der Waals surface area contributed by atoms with Crippen LogP contribution in [-0.2, 0) is 26.2 Å². The summed E-state index contributed by atoms with van der Waals surface area (Å²) in [6.07, 6.45) is 0. The summed E-state index contributed by atoms with van der Waals surface area (Å²) < 4.78 is 41.0. The van der Waals surface area contributed by atoms with Crippen molar-refractivity contribution in [3.05, 3.63) is 95.8 Å². The number of amides is 2. The zero-order valence-electron chi connectivity index (χ0n) is 19.4. The Labute approximate surface area is 204 Å². The van der Waals surface area contributed by atoms with Crippen LogP contribution in [0, 0.1) is 12.7 Å². The number of carbonyl (C=O) groups excluding carboxylic acids is 2. The molecule has 1 fully saturated rings. The molecular weight excluding hydrogens is 469 g/mol. The Morgan fingerprint density at radius 3 is 2.26 bits per heavy atom. The van der Waals surface area contributed by atoms with Crippen molar-refractivity contribution < 1.29 is 22.4 Å². The molecule has 1 saturated heterocycles. The summed E-state index contributed by atoms with van der Waals surface area (Å²) in [5.74, 6) is -1.43. The SMILES string of the molecule is Cc1ccc(N2C(=O)CN(S(=O)(=O)c3ccccc3)CC2(C)C(=O)NCc2ccc(F)cc2)cc1. The lowest BCUT2D eigenvalue weighted by Gasteiger charge is -2.46. The predicted molar refractivity (Wildman–Crippen MR) is 131 cm³/mol. The lowest BCUT2D eigenvalue weighted by molar-refractivity contribution is -0.133. The number of rotatable bonds is 6. The third-order valence-corrected chi connectivity index (χ3v) is 7.87. The van der Waals surface area contributed by atoms with Crippen molar-refractivity contribution in [3.63, 3.8) is 0 Å². The molecule has 1 aliphatic heterocycles. The minimum atomic E-state index is -4.02. The molecule has 0 spiro atoms. The quantitative estimate of drug-likeness (QED) is 0.569. The maximum absolute atomic E-state index is 13.6. The summed E-state index contributed by atoms with van der Waals surface area (Å²) in [6.45, 7) is 2.92. The fourth-order valence-electron chi connectivity index (χ4n) is 4.15. The first-order valence-corrected chi connectivity index (χ1v) is 12.5. The van der Waals surface area contributed by atoms with Crippen LogP contribution in [0.15, 0.2) is 83.8 Å². The summed E-state index contributed by atoms with van der Waals surface area (Å²) in [6, 6.07) is 20.6. The standard InChI is InChI=1S/C26H26FN3O4S/c1-19-8-14-22(15-9-19)30-24(31)17-29(35(33,34)23-6-4-3-5-7-23)18-26(30,2)25(32)28-16-20-10-12-21(27)13-11-20/h3-15H,16-18H2,1-2H3,(H,28,32). The van der Waals surface area contributed by atoms with Crippen LogP contribution in [-0.4, -0.2) is 43.2 Å². The van der Waals surface area contributed by atoms with E-state index in [9.17, 15) is 22.4 Å². The number of anilines is 1. The van der Waals surface area contributed by atoms with Crippen molar-refractivity contribution in [2.45, 2.75) is 30.8 Å². The van der Waals surface area contributed by atoms with E-state index in [1.54, 1.807) is 49.4 Å². The van der Waals surface area contributed by atoms with Gasteiger partial charge in [0.1, 0.15) is 11.4 Å². The second-order valence-electron chi connectivity index (χ2n) is 8.73. The van der Waals surface area contributed by atoms with Crippen LogP contribution in [0.2, 0.25) is 0 Å². The van der Waals surface area contributed by atoms with Crippen LogP contribution in [0.1, 0.15) is 18.1 Å². The van der Waals surface area contributed by atoms with Crippen molar-refractivity contribution in [3.8, 4) is 0 Å². The molecule has 9 heteroatoms. The second kappa shape index (κ2) is 9.59. The van der Waals surface area contributed by atoms with E-state index in [1.807, 2.05) is 19.1 Å². The largest absolute Gasteiger partial charge is 0.350 e. The van der Waals surface area contributed by atoms with Crippen LogP contribution in [0.25, 0.3) is 0 Å². The number of sulfonamides is 1. The second-order valence-corrected chi connectivity index (χ2v) is 10.7. The van der Waals surface area contributed by atoms with Crippen molar-refractivity contribution in [2.75, 3.05) is 18.0 Å². The van der Waals surface area contributed by atoms with Crippen LogP contribution in [0.3, 0.4) is 0 Å². The van der Waals surface area contributed by atoms with Gasteiger partial charge in [-0.25, -0.2) is 12.8 Å². The van der Waals surface area contributed by atoms with Gasteiger partial charge in [0.05, 0.1) is 11.4 Å². The average molecular weight is 496 g/mol. The highest BCUT2D eigenvalue weighted by atomic mass is 32.2. The number of halogens is 1. The average Bonchev–Trinajstić information content (AvgIpc) is 2.84. The lowest BCUT2D eigenvalue weighted by atomic mass is 9.94. The fraction of sp³-hybridized carbons (Fsp3) is 0.231. The molecule has 0 aromatic heterocycles. The summed E-state index contributed by atoms with van der Waals surface area (Å²) in [7, 11) is -4.02. The molecule has 0 saturated carbocycles. The molecule has 1 N–H and O–H groups in total. The summed E-state index contributed by atoms with van der Waals surface area (Å²) in [4.78, 5) is 28.4. The molecule has 2 amide bonds. The summed E-state index contributed by atoms with van der Waals surface area (Å²) in [5, 5.41) is 2.80. The highest BCUT2D eigenvalue weighted by Crippen LogP contribution is 2.32. The van der Waals surface area contributed by atoms with E-state index in [1.165, 1.54) is 29.2 Å². The van der Waals surface area contributed by atoms with E-state index in [0.29, 0.717) is 11.3 Å². The number of piperazine rings is 1. The Balaban J connectivity index is 1.69. The van der Waals surface area contributed by atoms with Crippen LogP contribution in [0.5, 0.6) is 0 Å². The normalized spacial score (nSPS) is 18.9. The number of carbonyl (C=O) groups is 2. The number of benzene rings is 3. The molecular formula is C26H26FN3O4S. The van der Waals surface area contributed by atoms with E-state index >= 15 is 0 Å². The molecule has 0 radical (unpaired) electrons. The molecule has 7 nitrogen and oxygen atoms in total. The number of nitrogens with one attached hydrogen (secondary N) is 1. The topological polar surface area (TPSA) is 86.8 Å². The van der Waals surface area contributed by atoms with Crippen LogP contribution >= 0.6 is 0 Å². The zero-order valence-corrected chi connectivity index (χ0v) is 20.3. The molecule has 182 valence electrons. The minimum absolute atomic E-state index is 0.0469. The van der Waals surface area contributed by atoms with E-state index < -0.39 is 39.7 Å². The highest BCUT2D eigenvalue weighted by molar-refractivity contribution is 7.89. The van der Waals surface area contributed by atoms with Crippen LogP contribution < -0.4 is 10.2 Å². The van der Waals surface area contributed by atoms with E-state index in [2.05, 4.69) is 5.32 Å². The summed E-state index contributed by atoms with van der Waals surface area (Å²) >= 11 is 0. The summed E-state index contributed by atoms with van der Waals surface area (Å²) in [5.41, 5.74) is 0.610. The molecule has 4 rings (SSSR count). The third-order valence-electron chi connectivity index (χ3n) is 6.07. The highest BCUT2D eigenvalue weighted by Gasteiger charge is 2.51. The van der Waals surface area contributed by atoms with E-state index in [-0.39, 0.29) is 18.0 Å². The first kappa shape index (κ1) is 24.6. The van der Waals surface area contributed by atoms with Gasteiger partial charge in [0, 0.05) is 18.8 Å². The maximum Gasteiger partial charge on any atom is 0.247 e. The first-order chi connectivity index (χ1) is 16.6. The number of hydrogen-bond donors (Lipinski definition) is 1. The molecule has 0 bridgehead atoms. The van der Waals surface area contributed by atoms with Gasteiger partial charge in [-0.1, -0.05) is 48.0 Å². The van der Waals surface area contributed by atoms with Gasteiger partial charge < -0.3 is 5.32 Å². The predicted octanol–water partition coefficient (Wildman–Crippen LogP) is 3.25. The smallest absolute Gasteiger partial charge is 0.247 e. The lowest BCUT2D eigenvalue weighted by Crippen LogP contribution is -2.70.